The summed E-state index contributed by atoms with van der Waals surface area (Å²) in [5.41, 5.74) is 1.70. The van der Waals surface area contributed by atoms with E-state index < -0.39 is 0 Å². The third-order valence-electron chi connectivity index (χ3n) is 6.03. The third-order valence-corrected chi connectivity index (χ3v) is 6.03. The number of aromatic nitrogens is 1. The first-order valence-corrected chi connectivity index (χ1v) is 9.77. The second kappa shape index (κ2) is 7.14. The minimum Gasteiger partial charge on any atom is -0.361 e. The summed E-state index contributed by atoms with van der Waals surface area (Å²) >= 11 is 0. The third kappa shape index (κ3) is 3.35. The number of H-pyrrole nitrogens is 1. The first kappa shape index (κ1) is 17.1. The number of likely N-dealkylation sites (tertiary alicyclic amines) is 2. The van der Waals surface area contributed by atoms with Gasteiger partial charge in [0.05, 0.1) is 0 Å². The summed E-state index contributed by atoms with van der Waals surface area (Å²) in [6, 6.07) is 7.79. The first-order valence-electron chi connectivity index (χ1n) is 9.77. The van der Waals surface area contributed by atoms with Gasteiger partial charge in [-0.1, -0.05) is 13.0 Å². The van der Waals surface area contributed by atoms with E-state index >= 15 is 0 Å². The van der Waals surface area contributed by atoms with Crippen LogP contribution in [0.5, 0.6) is 0 Å². The molecule has 1 aromatic heterocycles. The van der Waals surface area contributed by atoms with Crippen LogP contribution in [0.4, 0.5) is 0 Å². The number of piperidine rings is 2. The fraction of sp³-hybridized carbons (Fsp3) is 0.524. The summed E-state index contributed by atoms with van der Waals surface area (Å²) < 4.78 is 0. The lowest BCUT2D eigenvalue weighted by atomic mass is 9.92. The predicted molar refractivity (Wildman–Crippen MR) is 102 cm³/mol. The van der Waals surface area contributed by atoms with E-state index in [0.717, 1.165) is 61.2 Å². The van der Waals surface area contributed by atoms with Gasteiger partial charge >= 0.3 is 0 Å². The van der Waals surface area contributed by atoms with Crippen LogP contribution < -0.4 is 0 Å². The second-order valence-corrected chi connectivity index (χ2v) is 7.85. The van der Waals surface area contributed by atoms with Gasteiger partial charge in [0.1, 0.15) is 0 Å². The molecular weight excluding hydrogens is 326 g/mol. The molecule has 2 saturated heterocycles. The van der Waals surface area contributed by atoms with Gasteiger partial charge < -0.3 is 14.8 Å². The van der Waals surface area contributed by atoms with Gasteiger partial charge in [-0.2, -0.15) is 0 Å². The van der Waals surface area contributed by atoms with Crippen molar-refractivity contribution in [3.8, 4) is 0 Å². The molecule has 0 bridgehead atoms. The van der Waals surface area contributed by atoms with E-state index in [1.807, 2.05) is 40.3 Å². The summed E-state index contributed by atoms with van der Waals surface area (Å²) in [6.45, 7) is 5.39. The van der Waals surface area contributed by atoms with E-state index in [1.54, 1.807) is 0 Å². The van der Waals surface area contributed by atoms with Crippen LogP contribution in [0.2, 0.25) is 0 Å². The highest BCUT2D eigenvalue weighted by Crippen LogP contribution is 2.25. The molecule has 0 aliphatic carbocycles. The summed E-state index contributed by atoms with van der Waals surface area (Å²) in [4.78, 5) is 32.6. The SMILES string of the molecule is CC1CCN(C(=O)C2CCN(C(=O)c3ccc4cc[nH]c4c3)CC2)CC1. The molecule has 3 heterocycles. The van der Waals surface area contributed by atoms with Crippen molar-refractivity contribution < 1.29 is 9.59 Å². The maximum Gasteiger partial charge on any atom is 0.253 e. The van der Waals surface area contributed by atoms with Gasteiger partial charge in [-0.25, -0.2) is 0 Å². The topological polar surface area (TPSA) is 56.4 Å². The molecule has 2 aliphatic rings. The molecule has 2 amide bonds. The van der Waals surface area contributed by atoms with Gasteiger partial charge in [0, 0.05) is 49.4 Å². The quantitative estimate of drug-likeness (QED) is 0.901. The Labute approximate surface area is 154 Å². The zero-order valence-corrected chi connectivity index (χ0v) is 15.4. The number of benzene rings is 1. The highest BCUT2D eigenvalue weighted by atomic mass is 16.2. The molecule has 138 valence electrons. The zero-order chi connectivity index (χ0) is 18.1. The van der Waals surface area contributed by atoms with E-state index in [1.165, 1.54) is 0 Å². The van der Waals surface area contributed by atoms with Gasteiger partial charge in [-0.15, -0.1) is 0 Å². The molecule has 0 atom stereocenters. The molecule has 5 heteroatoms. The molecule has 1 N–H and O–H groups in total. The van der Waals surface area contributed by atoms with Crippen molar-refractivity contribution >= 4 is 22.7 Å². The predicted octanol–water partition coefficient (Wildman–Crippen LogP) is 3.28. The van der Waals surface area contributed by atoms with E-state index in [0.29, 0.717) is 19.0 Å². The molecule has 2 aromatic rings. The Kier molecular flexibility index (Phi) is 4.70. The fourth-order valence-electron chi connectivity index (χ4n) is 4.18. The second-order valence-electron chi connectivity index (χ2n) is 7.85. The van der Waals surface area contributed by atoms with Crippen molar-refractivity contribution in [2.24, 2.45) is 11.8 Å². The standard InChI is InChI=1S/C21H27N3O2/c1-15-5-10-23(11-6-15)20(25)17-7-12-24(13-8-17)21(26)18-3-2-16-4-9-22-19(16)14-18/h2-4,9,14-15,17,22H,5-8,10-13H2,1H3. The molecular formula is C21H27N3O2. The molecule has 0 unspecified atom stereocenters. The number of hydrogen-bond donors (Lipinski definition) is 1. The minimum absolute atomic E-state index is 0.0687. The number of carbonyl (C=O) groups is 2. The Morgan fingerprint density at radius 1 is 0.962 bits per heavy atom. The van der Waals surface area contributed by atoms with Crippen molar-refractivity contribution in [3.05, 3.63) is 36.0 Å². The van der Waals surface area contributed by atoms with Gasteiger partial charge in [-0.05, 0) is 55.2 Å². The van der Waals surface area contributed by atoms with Crippen molar-refractivity contribution in [3.63, 3.8) is 0 Å². The zero-order valence-electron chi connectivity index (χ0n) is 15.4. The number of aromatic amines is 1. The largest absolute Gasteiger partial charge is 0.361 e. The molecule has 4 rings (SSSR count). The number of nitrogens with zero attached hydrogens (tertiary/aromatic N) is 2. The van der Waals surface area contributed by atoms with E-state index in [9.17, 15) is 9.59 Å². The number of carbonyl (C=O) groups excluding carboxylic acids is 2. The van der Waals surface area contributed by atoms with Crippen LogP contribution in [0.15, 0.2) is 30.5 Å². The van der Waals surface area contributed by atoms with Crippen LogP contribution in [0.25, 0.3) is 10.9 Å². The maximum absolute atomic E-state index is 12.8. The average molecular weight is 353 g/mol. The number of amides is 2. The van der Waals surface area contributed by atoms with Gasteiger partial charge in [0.25, 0.3) is 5.91 Å². The Bertz CT molecular complexity index is 796. The van der Waals surface area contributed by atoms with E-state index in [-0.39, 0.29) is 11.8 Å². The van der Waals surface area contributed by atoms with Gasteiger partial charge in [0.15, 0.2) is 0 Å². The normalized spacial score (nSPS) is 19.9. The van der Waals surface area contributed by atoms with Crippen molar-refractivity contribution in [2.75, 3.05) is 26.2 Å². The Balaban J connectivity index is 1.35. The summed E-state index contributed by atoms with van der Waals surface area (Å²) in [5, 5.41) is 1.11. The molecule has 0 spiro atoms. The van der Waals surface area contributed by atoms with Crippen LogP contribution in [-0.2, 0) is 4.79 Å². The lowest BCUT2D eigenvalue weighted by Gasteiger charge is -2.36. The lowest BCUT2D eigenvalue weighted by Crippen LogP contribution is -2.46. The fourth-order valence-corrected chi connectivity index (χ4v) is 4.18. The van der Waals surface area contributed by atoms with Crippen LogP contribution in [-0.4, -0.2) is 52.8 Å². The highest BCUT2D eigenvalue weighted by Gasteiger charge is 2.31. The summed E-state index contributed by atoms with van der Waals surface area (Å²) in [7, 11) is 0. The van der Waals surface area contributed by atoms with Gasteiger partial charge in [0.2, 0.25) is 5.91 Å². The summed E-state index contributed by atoms with van der Waals surface area (Å²) in [5.74, 6) is 1.19. The molecule has 2 aliphatic heterocycles. The maximum atomic E-state index is 12.8. The van der Waals surface area contributed by atoms with Crippen LogP contribution in [0.3, 0.4) is 0 Å². The average Bonchev–Trinajstić information content (AvgIpc) is 3.15. The summed E-state index contributed by atoms with van der Waals surface area (Å²) in [6.07, 6.45) is 5.68. The number of nitrogens with one attached hydrogen (secondary N) is 1. The van der Waals surface area contributed by atoms with Crippen molar-refractivity contribution in [1.29, 1.82) is 0 Å². The van der Waals surface area contributed by atoms with Gasteiger partial charge in [-0.3, -0.25) is 9.59 Å². The Morgan fingerprint density at radius 3 is 2.38 bits per heavy atom. The lowest BCUT2D eigenvalue weighted by molar-refractivity contribution is -0.138. The van der Waals surface area contributed by atoms with Crippen molar-refractivity contribution in [2.45, 2.75) is 32.6 Å². The molecule has 5 nitrogen and oxygen atoms in total. The Morgan fingerprint density at radius 2 is 1.65 bits per heavy atom. The number of hydrogen-bond acceptors (Lipinski definition) is 2. The molecule has 2 fully saturated rings. The monoisotopic (exact) mass is 353 g/mol. The molecule has 26 heavy (non-hydrogen) atoms. The Hall–Kier alpha value is -2.30. The highest BCUT2D eigenvalue weighted by molar-refractivity contribution is 5.98. The molecule has 1 aromatic carbocycles. The van der Waals surface area contributed by atoms with Crippen LogP contribution in [0, 0.1) is 11.8 Å². The van der Waals surface area contributed by atoms with E-state index in [2.05, 4.69) is 11.9 Å². The van der Waals surface area contributed by atoms with Crippen molar-refractivity contribution in [1.82, 2.24) is 14.8 Å². The molecule has 0 saturated carbocycles. The van der Waals surface area contributed by atoms with Crippen LogP contribution >= 0.6 is 0 Å². The van der Waals surface area contributed by atoms with Crippen LogP contribution in [0.1, 0.15) is 43.0 Å². The number of rotatable bonds is 2. The smallest absolute Gasteiger partial charge is 0.253 e. The first-order chi connectivity index (χ1) is 12.6. The number of fused-ring (bicyclic) bond motifs is 1. The minimum atomic E-state index is 0.0687. The molecule has 0 radical (unpaired) electrons. The van der Waals surface area contributed by atoms with E-state index in [4.69, 9.17) is 0 Å².